The highest BCUT2D eigenvalue weighted by Gasteiger charge is 2.22. The maximum Gasteiger partial charge on any atom is 0.254 e. The van der Waals surface area contributed by atoms with Crippen molar-refractivity contribution in [3.05, 3.63) is 35.4 Å². The van der Waals surface area contributed by atoms with E-state index in [1.165, 1.54) is 0 Å². The number of guanidine groups is 1. The predicted octanol–water partition coefficient (Wildman–Crippen LogP) is 1.37. The summed E-state index contributed by atoms with van der Waals surface area (Å²) in [6.45, 7) is 9.61. The molecule has 1 unspecified atom stereocenters. The van der Waals surface area contributed by atoms with Gasteiger partial charge in [0.1, 0.15) is 0 Å². The highest BCUT2D eigenvalue weighted by atomic mass is 16.5. The molecule has 1 aromatic carbocycles. The molecular formula is C22H35N5O3. The van der Waals surface area contributed by atoms with Crippen molar-refractivity contribution in [1.82, 2.24) is 20.9 Å². The number of carbonyl (C=O) groups excluding carboxylic acids is 2. The van der Waals surface area contributed by atoms with E-state index in [9.17, 15) is 9.59 Å². The molecule has 0 aliphatic carbocycles. The monoisotopic (exact) mass is 417 g/mol. The van der Waals surface area contributed by atoms with Gasteiger partial charge in [0.25, 0.3) is 5.91 Å². The van der Waals surface area contributed by atoms with Crippen LogP contribution in [0.2, 0.25) is 0 Å². The molecule has 0 spiro atoms. The van der Waals surface area contributed by atoms with Crippen molar-refractivity contribution in [3.63, 3.8) is 0 Å². The van der Waals surface area contributed by atoms with E-state index < -0.39 is 0 Å². The van der Waals surface area contributed by atoms with Gasteiger partial charge in [0, 0.05) is 45.4 Å². The van der Waals surface area contributed by atoms with Gasteiger partial charge < -0.3 is 25.6 Å². The quantitative estimate of drug-likeness (QED) is 0.417. The molecule has 1 aliphatic heterocycles. The largest absolute Gasteiger partial charge is 0.378 e. The van der Waals surface area contributed by atoms with E-state index in [1.807, 2.05) is 19.1 Å². The molecule has 2 rings (SSSR count). The molecule has 8 heteroatoms. The van der Waals surface area contributed by atoms with Crippen LogP contribution in [-0.2, 0) is 16.1 Å². The molecule has 0 aromatic heterocycles. The minimum Gasteiger partial charge on any atom is -0.378 e. The fourth-order valence-corrected chi connectivity index (χ4v) is 3.32. The van der Waals surface area contributed by atoms with Gasteiger partial charge in [-0.15, -0.1) is 0 Å². The highest BCUT2D eigenvalue weighted by Crippen LogP contribution is 2.10. The Bertz CT molecular complexity index is 718. The normalized spacial score (nSPS) is 15.7. The summed E-state index contributed by atoms with van der Waals surface area (Å²) in [6.07, 6.45) is 1.15. The minimum atomic E-state index is -0.115. The molecule has 166 valence electrons. The number of piperazine rings is 1. The molecule has 1 fully saturated rings. The molecule has 1 saturated heterocycles. The first-order chi connectivity index (χ1) is 14.4. The second-order valence-corrected chi connectivity index (χ2v) is 7.65. The molecule has 1 heterocycles. The number of nitrogens with one attached hydrogen (secondary N) is 3. The fraction of sp³-hybridized carbons (Fsp3) is 0.591. The van der Waals surface area contributed by atoms with Crippen molar-refractivity contribution in [2.45, 2.75) is 39.8 Å². The van der Waals surface area contributed by atoms with E-state index >= 15 is 0 Å². The van der Waals surface area contributed by atoms with E-state index in [0.29, 0.717) is 31.1 Å². The molecule has 2 amide bonds. The molecule has 3 N–H and O–H groups in total. The zero-order valence-corrected chi connectivity index (χ0v) is 18.5. The van der Waals surface area contributed by atoms with Crippen molar-refractivity contribution in [2.24, 2.45) is 10.9 Å². The van der Waals surface area contributed by atoms with Gasteiger partial charge in [-0.2, -0.15) is 0 Å². The van der Waals surface area contributed by atoms with Gasteiger partial charge in [0.2, 0.25) is 5.91 Å². The Balaban J connectivity index is 1.80. The first-order valence-electron chi connectivity index (χ1n) is 10.7. The summed E-state index contributed by atoms with van der Waals surface area (Å²) in [5, 5.41) is 9.34. The van der Waals surface area contributed by atoms with Crippen molar-refractivity contribution >= 4 is 17.8 Å². The zero-order chi connectivity index (χ0) is 21.9. The predicted molar refractivity (Wildman–Crippen MR) is 118 cm³/mol. The average Bonchev–Trinajstić information content (AvgIpc) is 2.75. The maximum atomic E-state index is 12.5. The smallest absolute Gasteiger partial charge is 0.254 e. The number of hydrogen-bond acceptors (Lipinski definition) is 4. The van der Waals surface area contributed by atoms with Gasteiger partial charge in [-0.25, -0.2) is 0 Å². The van der Waals surface area contributed by atoms with E-state index in [1.54, 1.807) is 24.1 Å². The lowest BCUT2D eigenvalue weighted by atomic mass is 10.0. The third kappa shape index (κ3) is 7.33. The van der Waals surface area contributed by atoms with Gasteiger partial charge in [0.05, 0.1) is 12.6 Å². The lowest BCUT2D eigenvalue weighted by molar-refractivity contribution is -0.123. The summed E-state index contributed by atoms with van der Waals surface area (Å²) in [6, 6.07) is 7.44. The molecule has 1 aromatic rings. The lowest BCUT2D eigenvalue weighted by Gasteiger charge is -2.26. The summed E-state index contributed by atoms with van der Waals surface area (Å²) < 4.78 is 5.77. The van der Waals surface area contributed by atoms with Crippen LogP contribution in [0.3, 0.4) is 0 Å². The summed E-state index contributed by atoms with van der Waals surface area (Å²) >= 11 is 0. The molecular weight excluding hydrogens is 382 g/mol. The van der Waals surface area contributed by atoms with Crippen molar-refractivity contribution in [2.75, 3.05) is 39.8 Å². The Morgan fingerprint density at radius 2 is 2.00 bits per heavy atom. The van der Waals surface area contributed by atoms with Crippen LogP contribution in [0, 0.1) is 5.92 Å². The summed E-state index contributed by atoms with van der Waals surface area (Å²) in [7, 11) is 1.74. The standard InChI is InChI=1S/C22H35N5O3/c1-5-30-19(16(2)3)10-11-25-22(23-4)26-14-17-6-8-18(9-7-17)21(29)27-13-12-24-20(28)15-27/h6-9,16,19H,5,10-15H2,1-4H3,(H,24,28)(H2,23,25,26). The second-order valence-electron chi connectivity index (χ2n) is 7.65. The number of benzene rings is 1. The van der Waals surface area contributed by atoms with Crippen LogP contribution in [0.25, 0.3) is 0 Å². The molecule has 0 bridgehead atoms. The summed E-state index contributed by atoms with van der Waals surface area (Å²) in [5.41, 5.74) is 1.63. The topological polar surface area (TPSA) is 95.1 Å². The molecule has 30 heavy (non-hydrogen) atoms. The molecule has 1 atom stereocenters. The first kappa shape index (κ1) is 23.7. The van der Waals surface area contributed by atoms with Crippen LogP contribution < -0.4 is 16.0 Å². The minimum absolute atomic E-state index is 0.115. The average molecular weight is 418 g/mol. The Morgan fingerprint density at radius 3 is 2.60 bits per heavy atom. The third-order valence-electron chi connectivity index (χ3n) is 5.06. The van der Waals surface area contributed by atoms with Crippen molar-refractivity contribution < 1.29 is 14.3 Å². The Labute approximate surface area is 179 Å². The number of aliphatic imine (C=N–C) groups is 1. The Kier molecular flexibility index (Phi) is 9.60. The van der Waals surface area contributed by atoms with Crippen LogP contribution >= 0.6 is 0 Å². The Morgan fingerprint density at radius 1 is 1.27 bits per heavy atom. The van der Waals surface area contributed by atoms with E-state index in [4.69, 9.17) is 4.74 Å². The maximum absolute atomic E-state index is 12.5. The van der Waals surface area contributed by atoms with E-state index in [-0.39, 0.29) is 24.5 Å². The van der Waals surface area contributed by atoms with Crippen molar-refractivity contribution in [1.29, 1.82) is 0 Å². The summed E-state index contributed by atoms with van der Waals surface area (Å²) in [4.78, 5) is 29.8. The van der Waals surface area contributed by atoms with Gasteiger partial charge in [-0.3, -0.25) is 14.6 Å². The van der Waals surface area contributed by atoms with Crippen LogP contribution in [0.1, 0.15) is 43.1 Å². The highest BCUT2D eigenvalue weighted by molar-refractivity contribution is 5.97. The second kappa shape index (κ2) is 12.2. The fourth-order valence-electron chi connectivity index (χ4n) is 3.32. The number of rotatable bonds is 9. The van der Waals surface area contributed by atoms with Gasteiger partial charge in [-0.05, 0) is 37.0 Å². The van der Waals surface area contributed by atoms with Gasteiger partial charge in [0.15, 0.2) is 5.96 Å². The number of ether oxygens (including phenoxy) is 1. The lowest BCUT2D eigenvalue weighted by Crippen LogP contribution is -2.49. The van der Waals surface area contributed by atoms with Crippen molar-refractivity contribution in [3.8, 4) is 0 Å². The third-order valence-corrected chi connectivity index (χ3v) is 5.06. The van der Waals surface area contributed by atoms with Gasteiger partial charge >= 0.3 is 0 Å². The molecule has 8 nitrogen and oxygen atoms in total. The Hall–Kier alpha value is -2.61. The SMILES string of the molecule is CCOC(CCNC(=NC)NCc1ccc(C(=O)N2CCNC(=O)C2)cc1)C(C)C. The van der Waals surface area contributed by atoms with Gasteiger partial charge in [-0.1, -0.05) is 26.0 Å². The number of nitrogens with zero attached hydrogens (tertiary/aromatic N) is 2. The number of hydrogen-bond donors (Lipinski definition) is 3. The number of carbonyl (C=O) groups is 2. The van der Waals surface area contributed by atoms with E-state index in [2.05, 4.69) is 34.8 Å². The van der Waals surface area contributed by atoms with Crippen LogP contribution in [0.4, 0.5) is 0 Å². The van der Waals surface area contributed by atoms with Crippen LogP contribution in [-0.4, -0.2) is 68.6 Å². The van der Waals surface area contributed by atoms with E-state index in [0.717, 1.165) is 31.1 Å². The zero-order valence-electron chi connectivity index (χ0n) is 18.5. The summed E-state index contributed by atoms with van der Waals surface area (Å²) in [5.74, 6) is 0.974. The van der Waals surface area contributed by atoms with Crippen LogP contribution in [0.15, 0.2) is 29.3 Å². The molecule has 0 radical (unpaired) electrons. The number of amides is 2. The van der Waals surface area contributed by atoms with Crippen LogP contribution in [0.5, 0.6) is 0 Å². The first-order valence-corrected chi connectivity index (χ1v) is 10.7. The molecule has 0 saturated carbocycles. The molecule has 1 aliphatic rings.